The minimum Gasteiger partial charge on any atom is -0.496 e. The van der Waals surface area contributed by atoms with Gasteiger partial charge in [0.25, 0.3) is 11.8 Å². The minimum absolute atomic E-state index is 0.138. The monoisotopic (exact) mass is 466 g/mol. The Morgan fingerprint density at radius 2 is 1.85 bits per heavy atom. The van der Waals surface area contributed by atoms with Gasteiger partial charge in [0.15, 0.2) is 0 Å². The number of aryl methyl sites for hydroxylation is 2. The van der Waals surface area contributed by atoms with Gasteiger partial charge in [-0.3, -0.25) is 9.59 Å². The number of primary amides is 1. The zero-order chi connectivity index (χ0) is 25.2. The molecule has 0 aliphatic rings. The summed E-state index contributed by atoms with van der Waals surface area (Å²) in [6, 6.07) is 10.6. The van der Waals surface area contributed by atoms with Crippen molar-refractivity contribution in [2.45, 2.75) is 39.8 Å². The summed E-state index contributed by atoms with van der Waals surface area (Å²) in [7, 11) is 1.45. The molecule has 3 rings (SSSR count). The standard InChI is InChI=1S/C26H31FN4O3/c1-6-19-22(17-10-8-16(28)11-14(17)2)21(23(31-19)24(29)32)15-7-9-18(20(12-15)34-5)25(33)30-13-26(3,4)27/h7-12,31H,6,13,28H2,1-5H3,(H2,29,32)(H,30,33). The van der Waals surface area contributed by atoms with Crippen molar-refractivity contribution in [1.29, 1.82) is 0 Å². The van der Waals surface area contributed by atoms with E-state index < -0.39 is 17.5 Å². The van der Waals surface area contributed by atoms with E-state index in [0.717, 1.165) is 22.4 Å². The lowest BCUT2D eigenvalue weighted by molar-refractivity contribution is 0.0917. The van der Waals surface area contributed by atoms with Gasteiger partial charge in [0.1, 0.15) is 17.1 Å². The number of amides is 2. The summed E-state index contributed by atoms with van der Waals surface area (Å²) < 4.78 is 19.3. The molecule has 6 N–H and O–H groups in total. The molecule has 180 valence electrons. The van der Waals surface area contributed by atoms with Crippen molar-refractivity contribution in [2.24, 2.45) is 5.73 Å². The van der Waals surface area contributed by atoms with Crippen LogP contribution in [0.4, 0.5) is 10.1 Å². The van der Waals surface area contributed by atoms with Crippen LogP contribution in [0.5, 0.6) is 5.75 Å². The predicted octanol–water partition coefficient (Wildman–Crippen LogP) is 4.39. The fourth-order valence-electron chi connectivity index (χ4n) is 3.98. The van der Waals surface area contributed by atoms with Crippen LogP contribution in [0.15, 0.2) is 36.4 Å². The molecule has 0 spiro atoms. The van der Waals surface area contributed by atoms with Crippen LogP contribution in [-0.2, 0) is 6.42 Å². The third kappa shape index (κ3) is 5.06. The fourth-order valence-corrected chi connectivity index (χ4v) is 3.98. The van der Waals surface area contributed by atoms with E-state index in [2.05, 4.69) is 10.3 Å². The topological polar surface area (TPSA) is 123 Å². The number of anilines is 1. The number of carbonyl (C=O) groups excluding carboxylic acids is 2. The summed E-state index contributed by atoms with van der Waals surface area (Å²) in [5, 5.41) is 2.58. The first-order chi connectivity index (χ1) is 16.0. The Bertz CT molecular complexity index is 1240. The predicted molar refractivity (Wildman–Crippen MR) is 133 cm³/mol. The number of alkyl halides is 1. The summed E-state index contributed by atoms with van der Waals surface area (Å²) in [5.74, 6) is -0.765. The van der Waals surface area contributed by atoms with Gasteiger partial charge >= 0.3 is 0 Å². The SMILES string of the molecule is CCc1[nH]c(C(N)=O)c(-c2ccc(C(=O)NCC(C)(C)F)c(OC)c2)c1-c1ccc(N)cc1C. The van der Waals surface area contributed by atoms with Crippen LogP contribution < -0.4 is 21.5 Å². The molecule has 2 amide bonds. The molecule has 0 fully saturated rings. The number of rotatable bonds is 8. The van der Waals surface area contributed by atoms with Gasteiger partial charge in [0, 0.05) is 22.5 Å². The highest BCUT2D eigenvalue weighted by Crippen LogP contribution is 2.41. The third-order valence-corrected chi connectivity index (χ3v) is 5.60. The van der Waals surface area contributed by atoms with Crippen molar-refractivity contribution in [3.8, 4) is 28.0 Å². The van der Waals surface area contributed by atoms with Gasteiger partial charge in [-0.15, -0.1) is 0 Å². The Morgan fingerprint density at radius 1 is 1.15 bits per heavy atom. The minimum atomic E-state index is -1.55. The molecule has 1 aromatic heterocycles. The summed E-state index contributed by atoms with van der Waals surface area (Å²) in [4.78, 5) is 28.2. The van der Waals surface area contributed by atoms with Crippen LogP contribution in [-0.4, -0.2) is 36.1 Å². The van der Waals surface area contributed by atoms with E-state index in [1.165, 1.54) is 21.0 Å². The maximum absolute atomic E-state index is 13.9. The maximum atomic E-state index is 13.9. The Kier molecular flexibility index (Phi) is 7.00. The number of methoxy groups -OCH3 is 1. The molecule has 0 unspecified atom stereocenters. The first-order valence-electron chi connectivity index (χ1n) is 11.0. The number of benzene rings is 2. The molecule has 0 atom stereocenters. The van der Waals surface area contributed by atoms with E-state index in [4.69, 9.17) is 16.2 Å². The molecule has 34 heavy (non-hydrogen) atoms. The van der Waals surface area contributed by atoms with Crippen molar-refractivity contribution < 1.29 is 18.7 Å². The Hall–Kier alpha value is -3.81. The Morgan fingerprint density at radius 3 is 2.41 bits per heavy atom. The lowest BCUT2D eigenvalue weighted by Crippen LogP contribution is -2.35. The summed E-state index contributed by atoms with van der Waals surface area (Å²) in [6.07, 6.45) is 0.635. The Labute approximate surface area is 198 Å². The molecule has 0 aliphatic carbocycles. The molecular formula is C26H31FN4O3. The molecule has 0 saturated carbocycles. The molecule has 3 aromatic rings. The van der Waals surface area contributed by atoms with Crippen LogP contribution in [0, 0.1) is 6.92 Å². The van der Waals surface area contributed by atoms with Gasteiger partial charge < -0.3 is 26.5 Å². The number of hydrogen-bond donors (Lipinski definition) is 4. The molecule has 8 heteroatoms. The maximum Gasteiger partial charge on any atom is 0.265 e. The number of nitrogen functional groups attached to an aromatic ring is 1. The number of ether oxygens (including phenoxy) is 1. The summed E-state index contributed by atoms with van der Waals surface area (Å²) >= 11 is 0. The molecule has 0 radical (unpaired) electrons. The molecule has 2 aromatic carbocycles. The van der Waals surface area contributed by atoms with E-state index in [1.807, 2.05) is 32.0 Å². The molecule has 0 aliphatic heterocycles. The molecule has 0 saturated heterocycles. The van der Waals surface area contributed by atoms with E-state index in [0.29, 0.717) is 29.0 Å². The highest BCUT2D eigenvalue weighted by Gasteiger charge is 2.25. The van der Waals surface area contributed by atoms with Crippen molar-refractivity contribution in [2.75, 3.05) is 19.4 Å². The van der Waals surface area contributed by atoms with E-state index in [-0.39, 0.29) is 17.8 Å². The van der Waals surface area contributed by atoms with Crippen molar-refractivity contribution in [3.63, 3.8) is 0 Å². The van der Waals surface area contributed by atoms with Crippen LogP contribution in [0.25, 0.3) is 22.3 Å². The fraction of sp³-hybridized carbons (Fsp3) is 0.308. The third-order valence-electron chi connectivity index (χ3n) is 5.60. The van der Waals surface area contributed by atoms with Gasteiger partial charge in [-0.25, -0.2) is 4.39 Å². The number of nitrogens with one attached hydrogen (secondary N) is 2. The second-order valence-corrected chi connectivity index (χ2v) is 8.84. The first-order valence-corrected chi connectivity index (χ1v) is 11.0. The zero-order valence-electron chi connectivity index (χ0n) is 20.1. The smallest absolute Gasteiger partial charge is 0.265 e. The van der Waals surface area contributed by atoms with Crippen LogP contribution in [0.3, 0.4) is 0 Å². The number of carbonyl (C=O) groups is 2. The highest BCUT2D eigenvalue weighted by atomic mass is 19.1. The number of aromatic amines is 1. The van der Waals surface area contributed by atoms with Crippen LogP contribution in [0.2, 0.25) is 0 Å². The summed E-state index contributed by atoms with van der Waals surface area (Å²) in [5.41, 5.74) is 16.1. The molecule has 1 heterocycles. The number of nitrogens with two attached hydrogens (primary N) is 2. The van der Waals surface area contributed by atoms with E-state index >= 15 is 0 Å². The summed E-state index contributed by atoms with van der Waals surface area (Å²) in [6.45, 7) is 6.57. The van der Waals surface area contributed by atoms with Crippen molar-refractivity contribution in [1.82, 2.24) is 10.3 Å². The normalized spacial score (nSPS) is 11.4. The average molecular weight is 467 g/mol. The van der Waals surface area contributed by atoms with Gasteiger partial charge in [0.05, 0.1) is 19.2 Å². The van der Waals surface area contributed by atoms with Crippen LogP contribution in [0.1, 0.15) is 52.9 Å². The van der Waals surface area contributed by atoms with Crippen LogP contribution >= 0.6 is 0 Å². The zero-order valence-corrected chi connectivity index (χ0v) is 20.1. The Balaban J connectivity index is 2.20. The second-order valence-electron chi connectivity index (χ2n) is 8.84. The lowest BCUT2D eigenvalue weighted by atomic mass is 9.90. The molecule has 7 nitrogen and oxygen atoms in total. The van der Waals surface area contributed by atoms with Gasteiger partial charge in [-0.05, 0) is 68.1 Å². The molecular weight excluding hydrogens is 435 g/mol. The van der Waals surface area contributed by atoms with Gasteiger partial charge in [-0.1, -0.05) is 19.1 Å². The second kappa shape index (κ2) is 9.59. The number of halogens is 1. The number of hydrogen-bond acceptors (Lipinski definition) is 4. The highest BCUT2D eigenvalue weighted by molar-refractivity contribution is 6.05. The largest absolute Gasteiger partial charge is 0.496 e. The first kappa shape index (κ1) is 24.8. The average Bonchev–Trinajstić information content (AvgIpc) is 3.16. The quantitative estimate of drug-likeness (QED) is 0.368. The van der Waals surface area contributed by atoms with Gasteiger partial charge in [-0.2, -0.15) is 0 Å². The molecule has 0 bridgehead atoms. The van der Waals surface area contributed by atoms with Crippen molar-refractivity contribution >= 4 is 17.5 Å². The number of aromatic nitrogens is 1. The van der Waals surface area contributed by atoms with Gasteiger partial charge in [0.2, 0.25) is 0 Å². The lowest BCUT2D eigenvalue weighted by Gasteiger charge is -2.17. The van der Waals surface area contributed by atoms with E-state index in [1.54, 1.807) is 18.2 Å². The van der Waals surface area contributed by atoms with Crippen molar-refractivity contribution in [3.05, 3.63) is 58.9 Å². The van der Waals surface area contributed by atoms with E-state index in [9.17, 15) is 14.0 Å². The number of H-pyrrole nitrogens is 1.